The number of furan rings is 1. The summed E-state index contributed by atoms with van der Waals surface area (Å²) in [5, 5.41) is 6.17. The van der Waals surface area contributed by atoms with Gasteiger partial charge in [-0.3, -0.25) is 9.59 Å². The van der Waals surface area contributed by atoms with Gasteiger partial charge >= 0.3 is 0 Å². The van der Waals surface area contributed by atoms with Crippen molar-refractivity contribution in [3.05, 3.63) is 89.6 Å². The average molecular weight is 495 g/mol. The van der Waals surface area contributed by atoms with Crippen molar-refractivity contribution < 1.29 is 18.4 Å². The summed E-state index contributed by atoms with van der Waals surface area (Å²) in [6.45, 7) is 0.469. The van der Waals surface area contributed by atoms with E-state index in [1.807, 2.05) is 18.4 Å². The van der Waals surface area contributed by atoms with Crippen molar-refractivity contribution in [1.82, 2.24) is 10.6 Å². The van der Waals surface area contributed by atoms with E-state index >= 15 is 0 Å². The predicted molar refractivity (Wildman–Crippen MR) is 136 cm³/mol. The maximum atomic E-state index is 13.4. The van der Waals surface area contributed by atoms with E-state index in [9.17, 15) is 14.0 Å². The first-order valence-electron chi connectivity index (χ1n) is 12.0. The number of hydrogen-bond acceptors (Lipinski definition) is 4. The Labute approximate surface area is 209 Å². The maximum Gasteiger partial charge on any atom is 0.220 e. The van der Waals surface area contributed by atoms with E-state index in [2.05, 4.69) is 34.9 Å². The Balaban J connectivity index is 1.32. The van der Waals surface area contributed by atoms with Gasteiger partial charge < -0.3 is 15.1 Å². The molecule has 0 spiro atoms. The minimum Gasteiger partial charge on any atom is -0.469 e. The van der Waals surface area contributed by atoms with Crippen LogP contribution in [0.4, 0.5) is 4.39 Å². The Hall–Kier alpha value is -3.06. The summed E-state index contributed by atoms with van der Waals surface area (Å²) in [4.78, 5) is 26.0. The molecule has 4 rings (SSSR count). The van der Waals surface area contributed by atoms with Gasteiger partial charge in [-0.25, -0.2) is 4.39 Å². The number of amides is 2. The normalized spacial score (nSPS) is 18.3. The number of carbonyl (C=O) groups is 2. The summed E-state index contributed by atoms with van der Waals surface area (Å²) in [6, 6.07) is 18.5. The highest BCUT2D eigenvalue weighted by Crippen LogP contribution is 2.31. The third kappa shape index (κ3) is 6.75. The van der Waals surface area contributed by atoms with Crippen molar-refractivity contribution in [2.24, 2.45) is 0 Å². The van der Waals surface area contributed by atoms with Crippen molar-refractivity contribution in [3.63, 3.8) is 0 Å². The first-order chi connectivity index (χ1) is 17.0. The van der Waals surface area contributed by atoms with Crippen LogP contribution in [0.1, 0.15) is 54.9 Å². The zero-order chi connectivity index (χ0) is 24.7. The minimum atomic E-state index is -0.389. The van der Waals surface area contributed by atoms with Crippen molar-refractivity contribution in [1.29, 1.82) is 0 Å². The second-order valence-electron chi connectivity index (χ2n) is 9.11. The second-order valence-corrected chi connectivity index (χ2v) is 9.99. The smallest absolute Gasteiger partial charge is 0.220 e. The van der Waals surface area contributed by atoms with Gasteiger partial charge in [0.2, 0.25) is 11.8 Å². The van der Waals surface area contributed by atoms with Gasteiger partial charge in [-0.15, -0.1) is 11.8 Å². The number of nitrogens with one attached hydrogen (secondary N) is 2. The van der Waals surface area contributed by atoms with Crippen molar-refractivity contribution in [2.45, 2.75) is 54.9 Å². The van der Waals surface area contributed by atoms with E-state index in [1.54, 1.807) is 30.2 Å². The van der Waals surface area contributed by atoms with Crippen molar-refractivity contribution >= 4 is 23.6 Å². The molecule has 2 heterocycles. The van der Waals surface area contributed by atoms with E-state index < -0.39 is 0 Å². The molecule has 184 valence electrons. The predicted octanol–water partition coefficient (Wildman–Crippen LogP) is 5.45. The molecule has 1 fully saturated rings. The van der Waals surface area contributed by atoms with Gasteiger partial charge in [0.1, 0.15) is 11.6 Å². The van der Waals surface area contributed by atoms with Crippen LogP contribution in [0.3, 0.4) is 0 Å². The van der Waals surface area contributed by atoms with Crippen LogP contribution in [-0.4, -0.2) is 30.2 Å². The van der Waals surface area contributed by atoms with Gasteiger partial charge in [-0.1, -0.05) is 24.3 Å². The molecular weight excluding hydrogens is 463 g/mol. The number of halogens is 1. The highest BCUT2D eigenvalue weighted by molar-refractivity contribution is 7.98. The van der Waals surface area contributed by atoms with Crippen LogP contribution in [0.15, 0.2) is 76.2 Å². The fourth-order valence-corrected chi connectivity index (χ4v) is 5.18. The molecule has 1 aliphatic rings. The molecule has 2 amide bonds. The van der Waals surface area contributed by atoms with E-state index in [-0.39, 0.29) is 29.1 Å². The summed E-state index contributed by atoms with van der Waals surface area (Å²) in [6.07, 6.45) is 7.17. The quantitative estimate of drug-likeness (QED) is 0.348. The van der Waals surface area contributed by atoms with Gasteiger partial charge in [0.25, 0.3) is 0 Å². The standard InChI is InChI=1S/C28H31FN2O3S/c1-35-23-10-4-20(5-11-23)19-28(16-13-27(33)31-28)15-12-26(32)30-17-14-24(25-3-2-18-34-25)21-6-8-22(29)9-7-21/h2-11,18,24H,12-17,19H2,1H3,(H,30,32)(H,31,33)/t24-,28+/m1/s1. The van der Waals surface area contributed by atoms with Gasteiger partial charge in [-0.05, 0) is 79.5 Å². The highest BCUT2D eigenvalue weighted by atomic mass is 32.2. The summed E-state index contributed by atoms with van der Waals surface area (Å²) >= 11 is 1.70. The molecule has 0 saturated carbocycles. The van der Waals surface area contributed by atoms with E-state index in [0.29, 0.717) is 38.6 Å². The molecule has 3 aromatic rings. The molecule has 2 atom stereocenters. The first kappa shape index (κ1) is 25.0. The molecule has 0 aliphatic carbocycles. The SMILES string of the molecule is CSc1ccc(C[C@]2(CCC(=O)NCC[C@H](c3ccc(F)cc3)c3ccco3)CCC(=O)N2)cc1. The topological polar surface area (TPSA) is 71.3 Å². The highest BCUT2D eigenvalue weighted by Gasteiger charge is 2.37. The molecule has 35 heavy (non-hydrogen) atoms. The Bertz CT molecular complexity index is 1120. The van der Waals surface area contributed by atoms with Crippen LogP contribution >= 0.6 is 11.8 Å². The van der Waals surface area contributed by atoms with Crippen LogP contribution in [0.25, 0.3) is 0 Å². The molecule has 7 heteroatoms. The average Bonchev–Trinajstić information content (AvgIpc) is 3.52. The summed E-state index contributed by atoms with van der Waals surface area (Å²) in [5.41, 5.74) is 1.71. The first-order valence-corrected chi connectivity index (χ1v) is 13.2. The Morgan fingerprint density at radius 1 is 1.17 bits per heavy atom. The second kappa shape index (κ2) is 11.6. The molecule has 5 nitrogen and oxygen atoms in total. The maximum absolute atomic E-state index is 13.4. The zero-order valence-electron chi connectivity index (χ0n) is 19.9. The molecule has 2 aromatic carbocycles. The van der Waals surface area contributed by atoms with E-state index in [1.165, 1.54) is 17.0 Å². The minimum absolute atomic E-state index is 0.0412. The van der Waals surface area contributed by atoms with Crippen LogP contribution < -0.4 is 10.6 Å². The summed E-state index contributed by atoms with van der Waals surface area (Å²) in [5.74, 6) is 0.433. The molecule has 2 N–H and O–H groups in total. The third-order valence-corrected chi connectivity index (χ3v) is 7.43. The van der Waals surface area contributed by atoms with Gasteiger partial charge in [0.15, 0.2) is 0 Å². The van der Waals surface area contributed by atoms with E-state index in [4.69, 9.17) is 4.42 Å². The van der Waals surface area contributed by atoms with Crippen molar-refractivity contribution in [2.75, 3.05) is 12.8 Å². The molecule has 0 bridgehead atoms. The van der Waals surface area contributed by atoms with Crippen LogP contribution in [0.2, 0.25) is 0 Å². The lowest BCUT2D eigenvalue weighted by Crippen LogP contribution is -2.44. The largest absolute Gasteiger partial charge is 0.469 e. The lowest BCUT2D eigenvalue weighted by molar-refractivity contribution is -0.122. The summed E-state index contributed by atoms with van der Waals surface area (Å²) < 4.78 is 19.0. The molecule has 0 unspecified atom stereocenters. The monoisotopic (exact) mass is 494 g/mol. The van der Waals surface area contributed by atoms with Gasteiger partial charge in [0, 0.05) is 35.7 Å². The summed E-state index contributed by atoms with van der Waals surface area (Å²) in [7, 11) is 0. The number of hydrogen-bond donors (Lipinski definition) is 2. The van der Waals surface area contributed by atoms with Crippen LogP contribution in [0, 0.1) is 5.82 Å². The van der Waals surface area contributed by atoms with Crippen LogP contribution in [0.5, 0.6) is 0 Å². The van der Waals surface area contributed by atoms with Crippen LogP contribution in [-0.2, 0) is 16.0 Å². The van der Waals surface area contributed by atoms with E-state index in [0.717, 1.165) is 23.3 Å². The molecule has 0 radical (unpaired) electrons. The fraction of sp³-hybridized carbons (Fsp3) is 0.357. The molecule has 1 aliphatic heterocycles. The Morgan fingerprint density at radius 2 is 1.94 bits per heavy atom. The van der Waals surface area contributed by atoms with Gasteiger partial charge in [-0.2, -0.15) is 0 Å². The molecular formula is C28H31FN2O3S. The molecule has 1 aromatic heterocycles. The number of benzene rings is 2. The third-order valence-electron chi connectivity index (χ3n) is 6.68. The number of thioether (sulfide) groups is 1. The van der Waals surface area contributed by atoms with Crippen molar-refractivity contribution in [3.8, 4) is 0 Å². The zero-order valence-corrected chi connectivity index (χ0v) is 20.7. The number of rotatable bonds is 11. The molecule has 1 saturated heterocycles. The Kier molecular flexibility index (Phi) is 8.29. The lowest BCUT2D eigenvalue weighted by Gasteiger charge is -2.29. The fourth-order valence-electron chi connectivity index (χ4n) is 4.77. The lowest BCUT2D eigenvalue weighted by atomic mass is 9.85. The number of carbonyl (C=O) groups excluding carboxylic acids is 2. The Morgan fingerprint density at radius 3 is 2.57 bits per heavy atom. The van der Waals surface area contributed by atoms with Gasteiger partial charge in [0.05, 0.1) is 6.26 Å².